The van der Waals surface area contributed by atoms with E-state index in [9.17, 15) is 27.5 Å². The second-order valence-electron chi connectivity index (χ2n) is 9.63. The molecule has 2 N–H and O–H groups in total. The van der Waals surface area contributed by atoms with Crippen molar-refractivity contribution < 1.29 is 27.5 Å². The third-order valence-electron chi connectivity index (χ3n) is 6.87. The molecule has 2 aromatic carbocycles. The van der Waals surface area contributed by atoms with Gasteiger partial charge in [0.15, 0.2) is 0 Å². The van der Waals surface area contributed by atoms with Gasteiger partial charge in [-0.2, -0.15) is 13.2 Å². The van der Waals surface area contributed by atoms with Crippen LogP contribution in [0.3, 0.4) is 0 Å². The van der Waals surface area contributed by atoms with Crippen molar-refractivity contribution in [3.8, 4) is 0 Å². The highest BCUT2D eigenvalue weighted by Crippen LogP contribution is 2.31. The second-order valence-corrected chi connectivity index (χ2v) is 10.1. The monoisotopic (exact) mass is 542 g/mol. The van der Waals surface area contributed by atoms with Crippen LogP contribution in [0.1, 0.15) is 35.2 Å². The van der Waals surface area contributed by atoms with Gasteiger partial charge in [0.05, 0.1) is 29.5 Å². The molecule has 2 saturated heterocycles. The number of likely N-dealkylation sites (tertiary alicyclic amines) is 1. The number of piperazine rings is 1. The van der Waals surface area contributed by atoms with Gasteiger partial charge in [0.1, 0.15) is 5.82 Å². The molecule has 2 aromatic rings. The summed E-state index contributed by atoms with van der Waals surface area (Å²) in [4.78, 5) is 18.8. The molecule has 202 valence electrons. The summed E-state index contributed by atoms with van der Waals surface area (Å²) in [6.07, 6.45) is -3.94. The van der Waals surface area contributed by atoms with Crippen LogP contribution >= 0.6 is 11.6 Å². The average molecular weight is 543 g/mol. The summed E-state index contributed by atoms with van der Waals surface area (Å²) in [6, 6.07) is 9.51. The Hall–Kier alpha value is -2.40. The lowest BCUT2D eigenvalue weighted by atomic mass is 10.1. The Morgan fingerprint density at radius 2 is 1.70 bits per heavy atom. The van der Waals surface area contributed by atoms with Crippen LogP contribution < -0.4 is 10.2 Å². The number of nitrogens with zero attached hydrogens (tertiary/aromatic N) is 3. The first-order chi connectivity index (χ1) is 17.6. The molecular formula is C26H31ClF4N4O2. The van der Waals surface area contributed by atoms with Crippen molar-refractivity contribution >= 4 is 28.9 Å². The first-order valence-corrected chi connectivity index (χ1v) is 12.8. The number of hydrogen-bond donors (Lipinski definition) is 2. The van der Waals surface area contributed by atoms with Crippen molar-refractivity contribution in [1.29, 1.82) is 0 Å². The molecule has 6 nitrogen and oxygen atoms in total. The highest BCUT2D eigenvalue weighted by atomic mass is 35.5. The van der Waals surface area contributed by atoms with Crippen molar-refractivity contribution in [3.63, 3.8) is 0 Å². The first-order valence-electron chi connectivity index (χ1n) is 12.4. The molecular weight excluding hydrogens is 512 g/mol. The zero-order valence-corrected chi connectivity index (χ0v) is 21.2. The van der Waals surface area contributed by atoms with Crippen molar-refractivity contribution in [2.45, 2.75) is 38.1 Å². The molecule has 4 rings (SSSR count). The number of alkyl halides is 3. The zero-order valence-electron chi connectivity index (χ0n) is 20.4. The molecule has 37 heavy (non-hydrogen) atoms. The van der Waals surface area contributed by atoms with Crippen LogP contribution in [0.15, 0.2) is 36.4 Å². The fraction of sp³-hybridized carbons (Fsp3) is 0.500. The Labute approximate surface area is 218 Å². The van der Waals surface area contributed by atoms with Crippen molar-refractivity contribution in [2.24, 2.45) is 0 Å². The molecule has 0 atom stereocenters. The topological polar surface area (TPSA) is 59.1 Å². The SMILES string of the molecule is O=C(Nc1ccc(Cl)cc1N1CCN(CCC(F)(F)F)CC1)c1ccc(CN2CCC(O)CC2)cc1F. The normalized spacial score (nSPS) is 18.3. The number of carbonyl (C=O) groups is 1. The van der Waals surface area contributed by atoms with Gasteiger partial charge in [-0.1, -0.05) is 17.7 Å². The van der Waals surface area contributed by atoms with Crippen LogP contribution in [-0.2, 0) is 6.54 Å². The molecule has 0 bridgehead atoms. The van der Waals surface area contributed by atoms with E-state index in [1.807, 2.05) is 4.90 Å². The average Bonchev–Trinajstić information content (AvgIpc) is 2.85. The molecule has 0 spiro atoms. The Bertz CT molecular complexity index is 1080. The Balaban J connectivity index is 1.39. The second kappa shape index (κ2) is 12.0. The molecule has 2 fully saturated rings. The third-order valence-corrected chi connectivity index (χ3v) is 7.11. The Kier molecular flexibility index (Phi) is 8.94. The predicted octanol–water partition coefficient (Wildman–Crippen LogP) is 4.76. The number of hydrogen-bond acceptors (Lipinski definition) is 5. The maximum absolute atomic E-state index is 14.9. The lowest BCUT2D eigenvalue weighted by molar-refractivity contribution is -0.138. The van der Waals surface area contributed by atoms with Crippen LogP contribution in [0.2, 0.25) is 5.02 Å². The molecule has 0 aliphatic carbocycles. The first kappa shape index (κ1) is 27.6. The molecule has 2 aliphatic rings. The third kappa shape index (κ3) is 7.80. The van der Waals surface area contributed by atoms with E-state index in [2.05, 4.69) is 10.2 Å². The van der Waals surface area contributed by atoms with Gasteiger partial charge in [-0.3, -0.25) is 14.6 Å². The van der Waals surface area contributed by atoms with Crippen LogP contribution in [0.5, 0.6) is 0 Å². The minimum absolute atomic E-state index is 0.0501. The highest BCUT2D eigenvalue weighted by Gasteiger charge is 2.29. The van der Waals surface area contributed by atoms with Crippen LogP contribution in [-0.4, -0.2) is 78.9 Å². The van der Waals surface area contributed by atoms with Crippen molar-refractivity contribution in [1.82, 2.24) is 9.80 Å². The van der Waals surface area contributed by atoms with Crippen LogP contribution in [0.4, 0.5) is 28.9 Å². The molecule has 11 heteroatoms. The minimum atomic E-state index is -4.19. The number of halogens is 5. The quantitative estimate of drug-likeness (QED) is 0.494. The van der Waals surface area contributed by atoms with E-state index >= 15 is 0 Å². The number of aliphatic hydroxyl groups is 1. The van der Waals surface area contributed by atoms with Gasteiger partial charge in [0.2, 0.25) is 0 Å². The number of benzene rings is 2. The number of amides is 1. The minimum Gasteiger partial charge on any atom is -0.393 e. The van der Waals surface area contributed by atoms with E-state index in [0.29, 0.717) is 62.0 Å². The fourth-order valence-electron chi connectivity index (χ4n) is 4.74. The summed E-state index contributed by atoms with van der Waals surface area (Å²) in [6.45, 7) is 3.80. The number of nitrogens with one attached hydrogen (secondary N) is 1. The van der Waals surface area contributed by atoms with Gasteiger partial charge in [-0.15, -0.1) is 0 Å². The van der Waals surface area contributed by atoms with Crippen molar-refractivity contribution in [2.75, 3.05) is 56.0 Å². The van der Waals surface area contributed by atoms with Gasteiger partial charge in [0.25, 0.3) is 5.91 Å². The van der Waals surface area contributed by atoms with Gasteiger partial charge in [-0.25, -0.2) is 4.39 Å². The number of carbonyl (C=O) groups excluding carboxylic acids is 1. The fourth-order valence-corrected chi connectivity index (χ4v) is 4.90. The molecule has 0 radical (unpaired) electrons. The van der Waals surface area contributed by atoms with E-state index < -0.39 is 24.3 Å². The summed E-state index contributed by atoms with van der Waals surface area (Å²) >= 11 is 6.20. The number of anilines is 2. The van der Waals surface area contributed by atoms with Gasteiger partial charge >= 0.3 is 6.18 Å². The van der Waals surface area contributed by atoms with Gasteiger partial charge in [-0.05, 0) is 48.7 Å². The summed E-state index contributed by atoms with van der Waals surface area (Å²) < 4.78 is 52.6. The highest BCUT2D eigenvalue weighted by molar-refractivity contribution is 6.31. The van der Waals surface area contributed by atoms with Crippen LogP contribution in [0.25, 0.3) is 0 Å². The Morgan fingerprint density at radius 1 is 1.00 bits per heavy atom. The predicted molar refractivity (Wildman–Crippen MR) is 136 cm³/mol. The molecule has 2 heterocycles. The maximum Gasteiger partial charge on any atom is 0.390 e. The standard InChI is InChI=1S/C26H31ClF4N4O2/c27-19-2-4-23(24(16-19)35-13-11-33(12-14-35)10-7-26(29,30)31)32-25(37)21-3-1-18(15-22(21)28)17-34-8-5-20(36)6-9-34/h1-4,15-16,20,36H,5-14,17H2,(H,32,37). The molecule has 0 aromatic heterocycles. The van der Waals surface area contributed by atoms with Crippen LogP contribution in [0, 0.1) is 5.82 Å². The summed E-state index contributed by atoms with van der Waals surface area (Å²) in [5.74, 6) is -1.22. The molecule has 0 unspecified atom stereocenters. The summed E-state index contributed by atoms with van der Waals surface area (Å²) in [7, 11) is 0. The van der Waals surface area contributed by atoms with Gasteiger partial charge in [0, 0.05) is 57.4 Å². The smallest absolute Gasteiger partial charge is 0.390 e. The number of piperidine rings is 1. The molecule has 1 amide bonds. The molecule has 0 saturated carbocycles. The lowest BCUT2D eigenvalue weighted by Crippen LogP contribution is -2.47. The number of aliphatic hydroxyl groups excluding tert-OH is 1. The van der Waals surface area contributed by atoms with E-state index in [1.54, 1.807) is 29.2 Å². The summed E-state index contributed by atoms with van der Waals surface area (Å²) in [5, 5.41) is 12.9. The lowest BCUT2D eigenvalue weighted by Gasteiger charge is -2.37. The van der Waals surface area contributed by atoms with Crippen molar-refractivity contribution in [3.05, 3.63) is 58.4 Å². The summed E-state index contributed by atoms with van der Waals surface area (Å²) in [5.41, 5.74) is 1.76. The number of rotatable bonds is 7. The maximum atomic E-state index is 14.9. The van der Waals surface area contributed by atoms with Gasteiger partial charge < -0.3 is 15.3 Å². The zero-order chi connectivity index (χ0) is 26.6. The molecule has 2 aliphatic heterocycles. The Morgan fingerprint density at radius 3 is 2.35 bits per heavy atom. The van der Waals surface area contributed by atoms with E-state index in [-0.39, 0.29) is 18.2 Å². The van der Waals surface area contributed by atoms with E-state index in [4.69, 9.17) is 11.6 Å². The van der Waals surface area contributed by atoms with E-state index in [0.717, 1.165) is 18.7 Å². The van der Waals surface area contributed by atoms with E-state index in [1.165, 1.54) is 12.1 Å². The largest absolute Gasteiger partial charge is 0.393 e.